The van der Waals surface area contributed by atoms with Crippen LogP contribution in [0.1, 0.15) is 37.3 Å². The summed E-state index contributed by atoms with van der Waals surface area (Å²) in [6.45, 7) is 19.5. The van der Waals surface area contributed by atoms with E-state index in [1.165, 1.54) is 16.8 Å². The average Bonchev–Trinajstić information content (AvgIpc) is 3.28. The summed E-state index contributed by atoms with van der Waals surface area (Å²) in [6.07, 6.45) is 28.9. The lowest BCUT2D eigenvalue weighted by Gasteiger charge is -2.36. The van der Waals surface area contributed by atoms with Crippen LogP contribution >= 0.6 is 0 Å². The van der Waals surface area contributed by atoms with E-state index in [9.17, 15) is 0 Å². The largest absolute Gasteiger partial charge is 0.335 e. The van der Waals surface area contributed by atoms with Crippen LogP contribution in [0.2, 0.25) is 0 Å². The van der Waals surface area contributed by atoms with Gasteiger partial charge in [0.15, 0.2) is 0 Å². The fourth-order valence-corrected chi connectivity index (χ4v) is 7.70. The van der Waals surface area contributed by atoms with Crippen molar-refractivity contribution in [2.45, 2.75) is 46.1 Å². The van der Waals surface area contributed by atoms with Gasteiger partial charge < -0.3 is 19.6 Å². The molecule has 0 fully saturated rings. The van der Waals surface area contributed by atoms with Gasteiger partial charge in [-0.1, -0.05) is 122 Å². The van der Waals surface area contributed by atoms with Gasteiger partial charge >= 0.3 is 0 Å². The van der Waals surface area contributed by atoms with Gasteiger partial charge in [0.1, 0.15) is 0 Å². The predicted octanol–water partition coefficient (Wildman–Crippen LogP) is 15.3. The average molecular weight is 797 g/mol. The van der Waals surface area contributed by atoms with Crippen LogP contribution in [-0.4, -0.2) is 6.04 Å². The summed E-state index contributed by atoms with van der Waals surface area (Å²) in [4.78, 5) is 9.11. The molecule has 0 saturated heterocycles. The number of allylic oxidation sites excluding steroid dienone is 10. The highest BCUT2D eigenvalue weighted by Crippen LogP contribution is 2.38. The Kier molecular flexibility index (Phi) is 13.8. The van der Waals surface area contributed by atoms with Crippen molar-refractivity contribution in [3.63, 3.8) is 0 Å². The van der Waals surface area contributed by atoms with Crippen LogP contribution in [0.25, 0.3) is 0 Å². The van der Waals surface area contributed by atoms with Crippen LogP contribution in [0.5, 0.6) is 0 Å². The third-order valence-electron chi connectivity index (χ3n) is 10.6. The molecule has 2 aliphatic rings. The standard InChI is InChI=1S/C57H56N4/c1-44(2)20-16-17-41-58(49-23-10-7-11-24-49)47(5)31-32-48(6)59(52-33-37-54(38-34-52)60(50-25-12-8-13-26-50)56-29-18-21-45(3)42-56)53-35-39-55(40-36-53)61(51-27-14-9-15-28-51)57-30-19-22-46(4)43-57/h7-8,10-14,16-35,37-43,53H,1,5-6,9,15,36H2,2-4H3. The van der Waals surface area contributed by atoms with Gasteiger partial charge in [-0.3, -0.25) is 0 Å². The van der Waals surface area contributed by atoms with Crippen LogP contribution in [0, 0.1) is 13.8 Å². The lowest BCUT2D eigenvalue weighted by atomic mass is 10.0. The molecule has 0 spiro atoms. The highest BCUT2D eigenvalue weighted by atomic mass is 15.2. The van der Waals surface area contributed by atoms with E-state index in [1.807, 2.05) is 55.6 Å². The Bertz CT molecular complexity index is 2550. The molecule has 7 rings (SSSR count). The number of anilines is 6. The first-order chi connectivity index (χ1) is 29.7. The predicted molar refractivity (Wildman–Crippen MR) is 264 cm³/mol. The lowest BCUT2D eigenvalue weighted by Crippen LogP contribution is -2.34. The fraction of sp³-hybridized carbons (Fsp3) is 0.123. The number of benzene rings is 5. The van der Waals surface area contributed by atoms with Gasteiger partial charge in [-0.25, -0.2) is 0 Å². The van der Waals surface area contributed by atoms with Gasteiger partial charge in [0.05, 0.1) is 6.04 Å². The van der Waals surface area contributed by atoms with E-state index in [-0.39, 0.29) is 6.04 Å². The molecule has 0 saturated carbocycles. The molecular formula is C57H56N4. The van der Waals surface area contributed by atoms with E-state index in [1.54, 1.807) is 0 Å². The van der Waals surface area contributed by atoms with Crippen LogP contribution < -0.4 is 19.6 Å². The van der Waals surface area contributed by atoms with Gasteiger partial charge in [0.25, 0.3) is 0 Å². The smallest absolute Gasteiger partial charge is 0.0561 e. The molecule has 61 heavy (non-hydrogen) atoms. The van der Waals surface area contributed by atoms with Crippen LogP contribution in [-0.2, 0) is 0 Å². The monoisotopic (exact) mass is 796 g/mol. The fourth-order valence-electron chi connectivity index (χ4n) is 7.70. The number of nitrogens with zero attached hydrogens (tertiary/aromatic N) is 4. The summed E-state index contributed by atoms with van der Waals surface area (Å²) < 4.78 is 0. The van der Waals surface area contributed by atoms with Crippen LogP contribution in [0.4, 0.5) is 34.1 Å². The van der Waals surface area contributed by atoms with Crippen molar-refractivity contribution in [1.82, 2.24) is 0 Å². The van der Waals surface area contributed by atoms with E-state index in [4.69, 9.17) is 6.58 Å². The van der Waals surface area contributed by atoms with E-state index in [0.29, 0.717) is 0 Å². The highest BCUT2D eigenvalue weighted by Gasteiger charge is 2.24. The molecule has 5 aromatic carbocycles. The maximum Gasteiger partial charge on any atom is 0.0561 e. The summed E-state index contributed by atoms with van der Waals surface area (Å²) in [7, 11) is 0. The highest BCUT2D eigenvalue weighted by molar-refractivity contribution is 5.78. The molecule has 1 atom stereocenters. The molecule has 4 nitrogen and oxygen atoms in total. The minimum atomic E-state index is 0.00894. The third kappa shape index (κ3) is 10.7. The molecule has 5 aromatic rings. The molecule has 4 heteroatoms. The molecule has 0 amide bonds. The maximum absolute atomic E-state index is 4.70. The second-order valence-corrected chi connectivity index (χ2v) is 15.5. The Labute approximate surface area is 364 Å². The number of hydrogen-bond donors (Lipinski definition) is 0. The summed E-state index contributed by atoms with van der Waals surface area (Å²) in [5.74, 6) is 0. The zero-order valence-electron chi connectivity index (χ0n) is 35.7. The third-order valence-corrected chi connectivity index (χ3v) is 10.6. The zero-order valence-corrected chi connectivity index (χ0v) is 35.7. The van der Waals surface area contributed by atoms with Crippen LogP contribution in [0.3, 0.4) is 0 Å². The first-order valence-corrected chi connectivity index (χ1v) is 21.1. The summed E-state index contributed by atoms with van der Waals surface area (Å²) in [6, 6.07) is 47.1. The Morgan fingerprint density at radius 2 is 1.11 bits per heavy atom. The molecule has 2 aliphatic carbocycles. The van der Waals surface area contributed by atoms with Crippen molar-refractivity contribution < 1.29 is 0 Å². The number of hydrogen-bond acceptors (Lipinski definition) is 4. The topological polar surface area (TPSA) is 13.0 Å². The molecule has 1 unspecified atom stereocenters. The first kappa shape index (κ1) is 41.8. The maximum atomic E-state index is 4.70. The van der Waals surface area contributed by atoms with Gasteiger partial charge in [0, 0.05) is 63.1 Å². The van der Waals surface area contributed by atoms with Gasteiger partial charge in [-0.2, -0.15) is 0 Å². The molecule has 0 bridgehead atoms. The Morgan fingerprint density at radius 1 is 0.541 bits per heavy atom. The molecule has 0 aliphatic heterocycles. The summed E-state index contributed by atoms with van der Waals surface area (Å²) >= 11 is 0. The zero-order chi connectivity index (χ0) is 42.6. The van der Waals surface area contributed by atoms with Crippen molar-refractivity contribution in [2.75, 3.05) is 19.6 Å². The summed E-state index contributed by atoms with van der Waals surface area (Å²) in [5, 5.41) is 0. The number of rotatable bonds is 16. The second-order valence-electron chi connectivity index (χ2n) is 15.5. The Morgan fingerprint density at radius 3 is 1.70 bits per heavy atom. The van der Waals surface area contributed by atoms with E-state index in [0.717, 1.165) is 76.1 Å². The van der Waals surface area contributed by atoms with Gasteiger partial charge in [-0.15, -0.1) is 0 Å². The lowest BCUT2D eigenvalue weighted by molar-refractivity contribution is 0.755. The Hall–Kier alpha value is -7.30. The van der Waals surface area contributed by atoms with Crippen molar-refractivity contribution in [3.8, 4) is 0 Å². The normalized spacial score (nSPS) is 14.8. The Balaban J connectivity index is 1.23. The molecule has 0 radical (unpaired) electrons. The SMILES string of the molecule is C=C(C)C=CC=CN(C(=C)C=CC(=C)N(c1ccc(N(c2ccccc2)c2cccc(C)c2)cc1)C1C=CC(N(C2=CCCC=C2)c2cccc(C)c2)=CC1)c1ccccc1. The minimum absolute atomic E-state index is 0.00894. The molecule has 0 heterocycles. The first-order valence-electron chi connectivity index (χ1n) is 21.1. The number of para-hydroxylation sites is 2. The van der Waals surface area contributed by atoms with Gasteiger partial charge in [0.2, 0.25) is 0 Å². The van der Waals surface area contributed by atoms with Crippen molar-refractivity contribution in [1.29, 1.82) is 0 Å². The van der Waals surface area contributed by atoms with E-state index in [2.05, 4.69) is 204 Å². The molecule has 0 aromatic heterocycles. The molecule has 0 N–H and O–H groups in total. The van der Waals surface area contributed by atoms with E-state index < -0.39 is 0 Å². The second kappa shape index (κ2) is 20.1. The molecular weight excluding hydrogens is 741 g/mol. The van der Waals surface area contributed by atoms with Crippen molar-refractivity contribution in [2.24, 2.45) is 0 Å². The molecule has 304 valence electrons. The number of aryl methyl sites for hydroxylation is 2. The van der Waals surface area contributed by atoms with E-state index >= 15 is 0 Å². The minimum Gasteiger partial charge on any atom is -0.335 e. The van der Waals surface area contributed by atoms with Crippen molar-refractivity contribution in [3.05, 3.63) is 266 Å². The van der Waals surface area contributed by atoms with Crippen LogP contribution in [0.15, 0.2) is 255 Å². The van der Waals surface area contributed by atoms with Crippen molar-refractivity contribution >= 4 is 34.1 Å². The summed E-state index contributed by atoms with van der Waals surface area (Å²) in [5.41, 5.74) is 14.0. The quantitative estimate of drug-likeness (QED) is 0.0922. The van der Waals surface area contributed by atoms with Gasteiger partial charge in [-0.05, 0) is 154 Å².